The van der Waals surface area contributed by atoms with E-state index in [9.17, 15) is 29.8 Å². The normalized spacial score (nSPS) is 14.1. The van der Waals surface area contributed by atoms with Crippen molar-refractivity contribution in [2.24, 2.45) is 5.92 Å². The highest BCUT2D eigenvalue weighted by atomic mass is 32.1. The maximum atomic E-state index is 12.6. The number of nitrogens with zero attached hydrogens (tertiary/aromatic N) is 3. The van der Waals surface area contributed by atoms with Crippen LogP contribution in [-0.2, 0) is 4.79 Å². The number of carbonyl (C=O) groups excluding carboxylic acids is 2. The van der Waals surface area contributed by atoms with Gasteiger partial charge < -0.3 is 10.6 Å². The van der Waals surface area contributed by atoms with Crippen molar-refractivity contribution in [1.29, 1.82) is 0 Å². The molecule has 1 heterocycles. The zero-order chi connectivity index (χ0) is 23.5. The fraction of sp³-hybridized carbons (Fsp3) is 0.286. The standard InChI is InChI=1S/C21H19N5O6S/c27-19(12-4-2-1-3-5-12)24-21-23-17-7-6-14(10-18(17)33-21)22-20(28)13-8-15(25(29)30)11-16(9-13)26(31)32/h6-12H,1-5H2,(H,22,28)(H,23,24,27). The van der Waals surface area contributed by atoms with Gasteiger partial charge in [0, 0.05) is 23.7 Å². The Morgan fingerprint density at radius 1 is 0.939 bits per heavy atom. The number of non-ortho nitro benzene ring substituents is 2. The lowest BCUT2D eigenvalue weighted by Crippen LogP contribution is -2.24. The van der Waals surface area contributed by atoms with Crippen molar-refractivity contribution in [2.75, 3.05) is 10.6 Å². The predicted molar refractivity (Wildman–Crippen MR) is 123 cm³/mol. The lowest BCUT2D eigenvalue weighted by atomic mass is 9.89. The first-order valence-corrected chi connectivity index (χ1v) is 11.1. The Kier molecular flexibility index (Phi) is 6.27. The molecule has 0 radical (unpaired) electrons. The number of aromatic nitrogens is 1. The third-order valence-corrected chi connectivity index (χ3v) is 6.37. The fourth-order valence-corrected chi connectivity index (χ4v) is 4.68. The summed E-state index contributed by atoms with van der Waals surface area (Å²) in [6, 6.07) is 7.68. The van der Waals surface area contributed by atoms with E-state index < -0.39 is 27.1 Å². The minimum absolute atomic E-state index is 0.000373. The summed E-state index contributed by atoms with van der Waals surface area (Å²) in [5.41, 5.74) is -0.282. The molecule has 1 aliphatic rings. The van der Waals surface area contributed by atoms with Crippen LogP contribution in [0.1, 0.15) is 42.5 Å². The molecule has 0 bridgehead atoms. The van der Waals surface area contributed by atoms with Gasteiger partial charge in [-0.1, -0.05) is 30.6 Å². The Hall–Kier alpha value is -3.93. The van der Waals surface area contributed by atoms with E-state index in [0.29, 0.717) is 16.3 Å². The number of nitrogens with one attached hydrogen (secondary N) is 2. The summed E-state index contributed by atoms with van der Waals surface area (Å²) in [4.78, 5) is 50.0. The van der Waals surface area contributed by atoms with Crippen molar-refractivity contribution in [1.82, 2.24) is 4.98 Å². The van der Waals surface area contributed by atoms with E-state index in [1.807, 2.05) is 0 Å². The largest absolute Gasteiger partial charge is 0.322 e. The van der Waals surface area contributed by atoms with Crippen LogP contribution >= 0.6 is 11.3 Å². The molecule has 1 aliphatic carbocycles. The van der Waals surface area contributed by atoms with Gasteiger partial charge in [0.2, 0.25) is 5.91 Å². The quantitative estimate of drug-likeness (QED) is 0.384. The van der Waals surface area contributed by atoms with Crippen LogP contribution in [0.2, 0.25) is 0 Å². The van der Waals surface area contributed by atoms with Crippen LogP contribution in [0.3, 0.4) is 0 Å². The molecule has 4 rings (SSSR count). The smallest absolute Gasteiger partial charge is 0.277 e. The van der Waals surface area contributed by atoms with Crippen molar-refractivity contribution >= 4 is 55.6 Å². The monoisotopic (exact) mass is 469 g/mol. The number of anilines is 2. The SMILES string of the molecule is O=C(Nc1ccc2nc(NC(=O)C3CCCCC3)sc2c1)c1cc([N+](=O)[O-])cc([N+](=O)[O-])c1. The van der Waals surface area contributed by atoms with Crippen LogP contribution < -0.4 is 10.6 Å². The van der Waals surface area contributed by atoms with Crippen LogP contribution in [0.25, 0.3) is 10.2 Å². The number of hydrogen-bond donors (Lipinski definition) is 2. The maximum Gasteiger partial charge on any atom is 0.277 e. The first-order chi connectivity index (χ1) is 15.8. The molecular formula is C21H19N5O6S. The van der Waals surface area contributed by atoms with Crippen LogP contribution in [-0.4, -0.2) is 26.6 Å². The van der Waals surface area contributed by atoms with Gasteiger partial charge in [-0.05, 0) is 31.0 Å². The highest BCUT2D eigenvalue weighted by Gasteiger charge is 2.23. The van der Waals surface area contributed by atoms with E-state index >= 15 is 0 Å². The molecule has 0 atom stereocenters. The van der Waals surface area contributed by atoms with Crippen LogP contribution in [0, 0.1) is 26.1 Å². The molecule has 11 nitrogen and oxygen atoms in total. The first-order valence-electron chi connectivity index (χ1n) is 10.3. The highest BCUT2D eigenvalue weighted by molar-refractivity contribution is 7.22. The number of hydrogen-bond acceptors (Lipinski definition) is 8. The molecule has 0 unspecified atom stereocenters. The minimum Gasteiger partial charge on any atom is -0.322 e. The van der Waals surface area contributed by atoms with Crippen LogP contribution in [0.4, 0.5) is 22.2 Å². The van der Waals surface area contributed by atoms with Gasteiger partial charge in [0.05, 0.1) is 31.7 Å². The number of rotatable bonds is 6. The van der Waals surface area contributed by atoms with E-state index in [1.54, 1.807) is 18.2 Å². The number of fused-ring (bicyclic) bond motifs is 1. The summed E-state index contributed by atoms with van der Waals surface area (Å²) < 4.78 is 0.719. The Balaban J connectivity index is 1.51. The summed E-state index contributed by atoms with van der Waals surface area (Å²) in [5.74, 6) is -0.759. The number of carbonyl (C=O) groups is 2. The molecule has 1 fully saturated rings. The Labute approximate surface area is 191 Å². The average molecular weight is 469 g/mol. The second-order valence-corrected chi connectivity index (χ2v) is 8.76. The lowest BCUT2D eigenvalue weighted by molar-refractivity contribution is -0.394. The van der Waals surface area contributed by atoms with Gasteiger partial charge in [0.15, 0.2) is 5.13 Å². The Bertz CT molecular complexity index is 1240. The third-order valence-electron chi connectivity index (χ3n) is 5.44. The van der Waals surface area contributed by atoms with Gasteiger partial charge in [-0.2, -0.15) is 0 Å². The van der Waals surface area contributed by atoms with Crippen molar-refractivity contribution in [3.8, 4) is 0 Å². The molecule has 0 aliphatic heterocycles. The van der Waals surface area contributed by atoms with Crippen LogP contribution in [0.15, 0.2) is 36.4 Å². The predicted octanol–water partition coefficient (Wildman–Crippen LogP) is 4.88. The average Bonchev–Trinajstić information content (AvgIpc) is 3.20. The van der Waals surface area contributed by atoms with Gasteiger partial charge in [0.1, 0.15) is 0 Å². The molecule has 0 saturated heterocycles. The van der Waals surface area contributed by atoms with E-state index in [1.165, 1.54) is 11.3 Å². The van der Waals surface area contributed by atoms with Crippen LogP contribution in [0.5, 0.6) is 0 Å². The highest BCUT2D eigenvalue weighted by Crippen LogP contribution is 2.31. The molecule has 0 spiro atoms. The molecule has 1 aromatic heterocycles. The molecule has 1 saturated carbocycles. The van der Waals surface area contributed by atoms with E-state index in [2.05, 4.69) is 15.6 Å². The number of thiazole rings is 1. The second-order valence-electron chi connectivity index (χ2n) is 7.73. The van der Waals surface area contributed by atoms with Crippen molar-refractivity contribution in [3.05, 3.63) is 62.2 Å². The molecule has 3 aromatic rings. The number of nitro groups is 2. The minimum atomic E-state index is -0.795. The van der Waals surface area contributed by atoms with E-state index in [0.717, 1.165) is 55.0 Å². The number of amides is 2. The molecular weight excluding hydrogens is 450 g/mol. The van der Waals surface area contributed by atoms with Gasteiger partial charge in [0.25, 0.3) is 17.3 Å². The second kappa shape index (κ2) is 9.28. The molecule has 2 amide bonds. The molecule has 33 heavy (non-hydrogen) atoms. The topological polar surface area (TPSA) is 157 Å². The van der Waals surface area contributed by atoms with Crippen molar-refractivity contribution in [3.63, 3.8) is 0 Å². The Morgan fingerprint density at radius 3 is 2.24 bits per heavy atom. The number of nitro benzene ring substituents is 2. The van der Waals surface area contributed by atoms with E-state index in [4.69, 9.17) is 0 Å². The molecule has 2 N–H and O–H groups in total. The zero-order valence-corrected chi connectivity index (χ0v) is 18.1. The molecule has 170 valence electrons. The third kappa shape index (κ3) is 5.12. The van der Waals surface area contributed by atoms with Gasteiger partial charge in [-0.25, -0.2) is 4.98 Å². The van der Waals surface area contributed by atoms with Crippen molar-refractivity contribution < 1.29 is 19.4 Å². The van der Waals surface area contributed by atoms with Gasteiger partial charge in [-0.15, -0.1) is 0 Å². The molecule has 2 aromatic carbocycles. The van der Waals surface area contributed by atoms with Gasteiger partial charge >= 0.3 is 0 Å². The lowest BCUT2D eigenvalue weighted by Gasteiger charge is -2.19. The number of benzene rings is 2. The Morgan fingerprint density at radius 2 is 1.61 bits per heavy atom. The van der Waals surface area contributed by atoms with Crippen molar-refractivity contribution in [2.45, 2.75) is 32.1 Å². The zero-order valence-electron chi connectivity index (χ0n) is 17.3. The summed E-state index contributed by atoms with van der Waals surface area (Å²) in [6.45, 7) is 0. The summed E-state index contributed by atoms with van der Waals surface area (Å²) in [7, 11) is 0. The fourth-order valence-electron chi connectivity index (χ4n) is 3.77. The summed E-state index contributed by atoms with van der Waals surface area (Å²) in [5, 5.41) is 28.0. The maximum absolute atomic E-state index is 12.6. The summed E-state index contributed by atoms with van der Waals surface area (Å²) in [6.07, 6.45) is 5.01. The first kappa shape index (κ1) is 22.3. The van der Waals surface area contributed by atoms with Gasteiger partial charge in [-0.3, -0.25) is 29.8 Å². The van der Waals surface area contributed by atoms with E-state index in [-0.39, 0.29) is 17.4 Å². The molecule has 12 heteroatoms. The summed E-state index contributed by atoms with van der Waals surface area (Å²) >= 11 is 1.27.